The SMILES string of the molecule is CC(=O)OC1CC(OC(C)=O)C2(C)C(O)C3C(CC(C)C12)OC(=O)C3CN1CCCC1. The summed E-state index contributed by atoms with van der Waals surface area (Å²) in [6.45, 7) is 9.19. The number of ether oxygens (including phenoxy) is 3. The van der Waals surface area contributed by atoms with Crippen LogP contribution in [0.4, 0.5) is 0 Å². The topological polar surface area (TPSA) is 102 Å². The fraction of sp³-hybridized carbons (Fsp3) is 0.870. The van der Waals surface area contributed by atoms with Gasteiger partial charge in [-0.1, -0.05) is 13.8 Å². The molecule has 2 saturated carbocycles. The number of hydrogen-bond acceptors (Lipinski definition) is 8. The van der Waals surface area contributed by atoms with Crippen LogP contribution in [0, 0.1) is 29.1 Å². The van der Waals surface area contributed by atoms with E-state index in [1.165, 1.54) is 13.8 Å². The molecule has 4 rings (SSSR count). The van der Waals surface area contributed by atoms with E-state index in [0.717, 1.165) is 25.9 Å². The van der Waals surface area contributed by atoms with Crippen LogP contribution in [0.2, 0.25) is 0 Å². The Labute approximate surface area is 183 Å². The van der Waals surface area contributed by atoms with Crippen molar-refractivity contribution in [3.8, 4) is 0 Å². The second kappa shape index (κ2) is 8.35. The molecule has 0 aromatic rings. The van der Waals surface area contributed by atoms with E-state index in [0.29, 0.717) is 19.4 Å². The molecule has 4 aliphatic rings. The van der Waals surface area contributed by atoms with Crippen molar-refractivity contribution < 1.29 is 33.7 Å². The van der Waals surface area contributed by atoms with Crippen molar-refractivity contribution in [2.75, 3.05) is 19.6 Å². The summed E-state index contributed by atoms with van der Waals surface area (Å²) in [6, 6.07) is 0. The van der Waals surface area contributed by atoms with Crippen molar-refractivity contribution in [3.05, 3.63) is 0 Å². The molecule has 9 atom stereocenters. The van der Waals surface area contributed by atoms with Gasteiger partial charge in [-0.2, -0.15) is 0 Å². The minimum Gasteiger partial charge on any atom is -0.462 e. The third-order valence-electron chi connectivity index (χ3n) is 8.22. The molecular weight excluding hydrogens is 402 g/mol. The monoisotopic (exact) mass is 437 g/mol. The molecule has 9 unspecified atom stereocenters. The van der Waals surface area contributed by atoms with E-state index >= 15 is 0 Å². The molecule has 31 heavy (non-hydrogen) atoms. The van der Waals surface area contributed by atoms with Crippen molar-refractivity contribution in [3.63, 3.8) is 0 Å². The van der Waals surface area contributed by atoms with E-state index in [-0.39, 0.29) is 35.8 Å². The zero-order valence-electron chi connectivity index (χ0n) is 18.9. The first-order chi connectivity index (χ1) is 14.6. The van der Waals surface area contributed by atoms with Crippen molar-refractivity contribution in [1.82, 2.24) is 4.90 Å². The van der Waals surface area contributed by atoms with Crippen molar-refractivity contribution >= 4 is 17.9 Å². The first kappa shape index (κ1) is 22.5. The maximum atomic E-state index is 12.8. The van der Waals surface area contributed by atoms with Crippen molar-refractivity contribution in [1.29, 1.82) is 0 Å². The summed E-state index contributed by atoms with van der Waals surface area (Å²) in [4.78, 5) is 38.8. The Bertz CT molecular complexity index is 735. The van der Waals surface area contributed by atoms with Crippen molar-refractivity contribution in [2.24, 2.45) is 29.1 Å². The second-order valence-corrected chi connectivity index (χ2v) is 10.2. The number of aliphatic hydroxyl groups is 1. The van der Waals surface area contributed by atoms with Gasteiger partial charge in [0.15, 0.2) is 0 Å². The minimum atomic E-state index is -0.920. The molecule has 4 fully saturated rings. The Morgan fingerprint density at radius 2 is 1.81 bits per heavy atom. The minimum absolute atomic E-state index is 0.0119. The molecule has 1 N–H and O–H groups in total. The molecule has 8 heteroatoms. The number of fused-ring (bicyclic) bond motifs is 2. The molecule has 174 valence electrons. The van der Waals surface area contributed by atoms with E-state index in [9.17, 15) is 19.5 Å². The van der Waals surface area contributed by atoms with E-state index in [2.05, 4.69) is 4.90 Å². The Morgan fingerprint density at radius 1 is 1.16 bits per heavy atom. The maximum Gasteiger partial charge on any atom is 0.311 e. The zero-order chi connectivity index (χ0) is 22.5. The average molecular weight is 438 g/mol. The van der Waals surface area contributed by atoms with Crippen LogP contribution in [0.15, 0.2) is 0 Å². The molecule has 0 radical (unpaired) electrons. The lowest BCUT2D eigenvalue weighted by molar-refractivity contribution is -0.165. The van der Waals surface area contributed by atoms with Gasteiger partial charge in [-0.25, -0.2) is 0 Å². The van der Waals surface area contributed by atoms with Crippen LogP contribution in [-0.2, 0) is 28.6 Å². The predicted octanol–water partition coefficient (Wildman–Crippen LogP) is 1.53. The lowest BCUT2D eigenvalue weighted by Crippen LogP contribution is -2.52. The first-order valence-electron chi connectivity index (χ1n) is 11.6. The van der Waals surface area contributed by atoms with Crippen LogP contribution in [0.3, 0.4) is 0 Å². The normalized spacial score (nSPS) is 44.9. The summed E-state index contributed by atoms with van der Waals surface area (Å²) < 4.78 is 17.2. The Hall–Kier alpha value is -1.67. The summed E-state index contributed by atoms with van der Waals surface area (Å²) in [5.41, 5.74) is -0.845. The molecule has 0 amide bonds. The summed E-state index contributed by atoms with van der Waals surface area (Å²) in [6.07, 6.45) is 0.822. The Morgan fingerprint density at radius 3 is 2.42 bits per heavy atom. The van der Waals surface area contributed by atoms with Gasteiger partial charge in [0.05, 0.1) is 12.0 Å². The average Bonchev–Trinajstić information content (AvgIpc) is 3.32. The van der Waals surface area contributed by atoms with Gasteiger partial charge in [0.2, 0.25) is 0 Å². The fourth-order valence-electron chi connectivity index (χ4n) is 7.03. The molecule has 0 bridgehead atoms. The van der Waals surface area contributed by atoms with Gasteiger partial charge in [0.1, 0.15) is 18.3 Å². The molecule has 0 aromatic heterocycles. The van der Waals surface area contributed by atoms with Gasteiger partial charge in [0, 0.05) is 44.1 Å². The highest BCUT2D eigenvalue weighted by Gasteiger charge is 2.67. The van der Waals surface area contributed by atoms with Gasteiger partial charge >= 0.3 is 17.9 Å². The number of esters is 3. The standard InChI is InChI=1S/C23H35NO7/c1-12-9-16-19(15(22(28)31-16)11-24-7-5-6-8-24)21(27)23(4)18(30-14(3)26)10-17(20(12)23)29-13(2)25/h12,15-21,27H,5-11H2,1-4H3. The van der Waals surface area contributed by atoms with Gasteiger partial charge in [-0.3, -0.25) is 14.4 Å². The maximum absolute atomic E-state index is 12.8. The van der Waals surface area contributed by atoms with Gasteiger partial charge in [-0.15, -0.1) is 0 Å². The first-order valence-corrected chi connectivity index (χ1v) is 11.6. The molecule has 8 nitrogen and oxygen atoms in total. The number of aliphatic hydroxyl groups excluding tert-OH is 1. The quantitative estimate of drug-likeness (QED) is 0.522. The largest absolute Gasteiger partial charge is 0.462 e. The summed E-state index contributed by atoms with van der Waals surface area (Å²) in [7, 11) is 0. The number of nitrogens with zero attached hydrogens (tertiary/aromatic N) is 1. The molecule has 0 spiro atoms. The van der Waals surface area contributed by atoms with E-state index < -0.39 is 35.6 Å². The highest BCUT2D eigenvalue weighted by atomic mass is 16.6. The van der Waals surface area contributed by atoms with Crippen LogP contribution in [0.1, 0.15) is 53.4 Å². The fourth-order valence-corrected chi connectivity index (χ4v) is 7.03. The number of hydrogen-bond donors (Lipinski definition) is 1. The highest BCUT2D eigenvalue weighted by molar-refractivity contribution is 5.76. The van der Waals surface area contributed by atoms with Crippen LogP contribution in [-0.4, -0.2) is 72.0 Å². The number of carbonyl (C=O) groups excluding carboxylic acids is 3. The third-order valence-corrected chi connectivity index (χ3v) is 8.22. The lowest BCUT2D eigenvalue weighted by Gasteiger charge is -2.43. The summed E-state index contributed by atoms with van der Waals surface area (Å²) in [5, 5.41) is 11.8. The van der Waals surface area contributed by atoms with Crippen LogP contribution >= 0.6 is 0 Å². The van der Waals surface area contributed by atoms with Crippen LogP contribution < -0.4 is 0 Å². The highest BCUT2D eigenvalue weighted by Crippen LogP contribution is 2.58. The number of rotatable bonds is 4. The van der Waals surface area contributed by atoms with Gasteiger partial charge < -0.3 is 24.2 Å². The molecule has 0 aromatic carbocycles. The molecular formula is C23H35NO7. The smallest absolute Gasteiger partial charge is 0.311 e. The number of likely N-dealkylation sites (tertiary alicyclic amines) is 1. The molecule has 2 heterocycles. The molecule has 2 aliphatic carbocycles. The van der Waals surface area contributed by atoms with E-state index in [1.54, 1.807) is 0 Å². The molecule has 2 aliphatic heterocycles. The number of carbonyl (C=O) groups is 3. The van der Waals surface area contributed by atoms with Crippen molar-refractivity contribution in [2.45, 2.75) is 77.8 Å². The predicted molar refractivity (Wildman–Crippen MR) is 110 cm³/mol. The Kier molecular flexibility index (Phi) is 6.07. The summed E-state index contributed by atoms with van der Waals surface area (Å²) >= 11 is 0. The third kappa shape index (κ3) is 3.86. The molecule has 2 saturated heterocycles. The Balaban J connectivity index is 1.69. The van der Waals surface area contributed by atoms with Crippen LogP contribution in [0.25, 0.3) is 0 Å². The van der Waals surface area contributed by atoms with Crippen LogP contribution in [0.5, 0.6) is 0 Å². The summed E-state index contributed by atoms with van der Waals surface area (Å²) in [5.74, 6) is -2.03. The van der Waals surface area contributed by atoms with Gasteiger partial charge in [-0.05, 0) is 38.3 Å². The van der Waals surface area contributed by atoms with Gasteiger partial charge in [0.25, 0.3) is 0 Å². The van der Waals surface area contributed by atoms with E-state index in [4.69, 9.17) is 14.2 Å². The van der Waals surface area contributed by atoms with E-state index in [1.807, 2.05) is 13.8 Å². The lowest BCUT2D eigenvalue weighted by atomic mass is 9.66. The second-order valence-electron chi connectivity index (χ2n) is 10.2. The zero-order valence-corrected chi connectivity index (χ0v) is 18.9.